The van der Waals surface area contributed by atoms with Gasteiger partial charge in [-0.25, -0.2) is 13.8 Å². The second kappa shape index (κ2) is 8.33. The van der Waals surface area contributed by atoms with Crippen LogP contribution in [0, 0.1) is 11.6 Å². The molecule has 3 aromatic rings. The molecule has 0 saturated carbocycles. The summed E-state index contributed by atoms with van der Waals surface area (Å²) in [6.07, 6.45) is 1.84. The van der Waals surface area contributed by atoms with Gasteiger partial charge < -0.3 is 14.8 Å². The van der Waals surface area contributed by atoms with E-state index < -0.39 is 22.7 Å². The molecule has 0 aliphatic carbocycles. The summed E-state index contributed by atoms with van der Waals surface area (Å²) in [5.41, 5.74) is -1.33. The monoisotopic (exact) mass is 480 g/mol. The van der Waals surface area contributed by atoms with Crippen LogP contribution in [0.15, 0.2) is 35.4 Å². The zero-order valence-corrected chi connectivity index (χ0v) is 18.9. The van der Waals surface area contributed by atoms with Crippen molar-refractivity contribution in [3.05, 3.63) is 68.2 Å². The number of benzene rings is 2. The van der Waals surface area contributed by atoms with Gasteiger partial charge in [-0.1, -0.05) is 30.1 Å². The van der Waals surface area contributed by atoms with Crippen molar-refractivity contribution < 1.29 is 13.6 Å². The van der Waals surface area contributed by atoms with Crippen LogP contribution >= 0.6 is 23.2 Å². The normalized spacial score (nSPS) is 18.4. The van der Waals surface area contributed by atoms with Gasteiger partial charge in [0.15, 0.2) is 5.82 Å². The smallest absolute Gasteiger partial charge is 0.261 e. The van der Waals surface area contributed by atoms with Crippen molar-refractivity contribution >= 4 is 45.7 Å². The summed E-state index contributed by atoms with van der Waals surface area (Å²) in [5.74, 6) is -1.40. The van der Waals surface area contributed by atoms with Gasteiger partial charge in [0.1, 0.15) is 11.3 Å². The van der Waals surface area contributed by atoms with Crippen LogP contribution in [0.2, 0.25) is 10.0 Å². The van der Waals surface area contributed by atoms with Crippen molar-refractivity contribution in [3.8, 4) is 0 Å². The molecular formula is C22H20Cl2F2N4O2. The molecule has 1 saturated heterocycles. The highest BCUT2D eigenvalue weighted by Gasteiger charge is 2.44. The molecule has 1 atom stereocenters. The topological polar surface area (TPSA) is 67.2 Å². The molecule has 0 bridgehead atoms. The highest BCUT2D eigenvalue weighted by molar-refractivity contribution is 6.42. The van der Waals surface area contributed by atoms with E-state index in [9.17, 15) is 14.0 Å². The predicted octanol–water partition coefficient (Wildman–Crippen LogP) is 4.47. The van der Waals surface area contributed by atoms with Crippen molar-refractivity contribution in [2.24, 2.45) is 7.05 Å². The molecule has 1 unspecified atom stereocenters. The number of carbonyl (C=O) groups excluding carboxylic acids is 1. The van der Waals surface area contributed by atoms with Gasteiger partial charge in [0.05, 0.1) is 27.3 Å². The zero-order chi connectivity index (χ0) is 23.2. The van der Waals surface area contributed by atoms with Gasteiger partial charge in [-0.05, 0) is 30.7 Å². The number of carbonyl (C=O) groups is 1. The molecule has 1 fully saturated rings. The Kier molecular flexibility index (Phi) is 5.85. The molecule has 1 amide bonds. The number of aryl methyl sites for hydroxylation is 1. The summed E-state index contributed by atoms with van der Waals surface area (Å²) in [4.78, 5) is 30.5. The van der Waals surface area contributed by atoms with Crippen LogP contribution < -0.4 is 10.9 Å². The Hall–Kier alpha value is -2.71. The summed E-state index contributed by atoms with van der Waals surface area (Å²) < 4.78 is 31.1. The van der Waals surface area contributed by atoms with Crippen molar-refractivity contribution in [1.82, 2.24) is 14.5 Å². The Labute approximate surface area is 192 Å². The van der Waals surface area contributed by atoms with Gasteiger partial charge >= 0.3 is 0 Å². The molecule has 1 aliphatic rings. The number of fused-ring (bicyclic) bond motifs is 1. The van der Waals surface area contributed by atoms with E-state index in [4.69, 9.17) is 23.2 Å². The molecule has 4 rings (SSSR count). The maximum absolute atomic E-state index is 15.1. The Bertz CT molecular complexity index is 1300. The fraction of sp³-hybridized carbons (Fsp3) is 0.318. The number of anilines is 1. The number of hydrogen-bond acceptors (Lipinski definition) is 4. The van der Waals surface area contributed by atoms with Gasteiger partial charge in [-0.3, -0.25) is 9.59 Å². The third-order valence-electron chi connectivity index (χ3n) is 5.80. The van der Waals surface area contributed by atoms with Crippen molar-refractivity contribution in [2.45, 2.75) is 25.3 Å². The molecule has 6 nitrogen and oxygen atoms in total. The predicted molar refractivity (Wildman–Crippen MR) is 120 cm³/mol. The first-order chi connectivity index (χ1) is 15.2. The van der Waals surface area contributed by atoms with E-state index in [2.05, 4.69) is 10.3 Å². The minimum absolute atomic E-state index is 0.0174. The first kappa shape index (κ1) is 22.5. The fourth-order valence-electron chi connectivity index (χ4n) is 4.21. The van der Waals surface area contributed by atoms with E-state index in [-0.39, 0.29) is 51.1 Å². The summed E-state index contributed by atoms with van der Waals surface area (Å²) in [6.45, 7) is 2.19. The minimum Gasteiger partial charge on any atom is -0.373 e. The Morgan fingerprint density at radius 2 is 2.00 bits per heavy atom. The first-order valence-electron chi connectivity index (χ1n) is 10.0. The second-order valence-electron chi connectivity index (χ2n) is 7.86. The number of amides is 1. The van der Waals surface area contributed by atoms with Crippen LogP contribution in [0.5, 0.6) is 0 Å². The summed E-state index contributed by atoms with van der Waals surface area (Å²) in [6, 6.07) is 5.22. The van der Waals surface area contributed by atoms with E-state index >= 15 is 4.39 Å². The van der Waals surface area contributed by atoms with Crippen LogP contribution in [-0.2, 0) is 17.4 Å². The Balaban J connectivity index is 1.88. The van der Waals surface area contributed by atoms with Crippen molar-refractivity contribution in [3.63, 3.8) is 0 Å². The largest absolute Gasteiger partial charge is 0.373 e. The third kappa shape index (κ3) is 3.71. The lowest BCUT2D eigenvalue weighted by Gasteiger charge is -2.33. The molecule has 1 aliphatic heterocycles. The van der Waals surface area contributed by atoms with Gasteiger partial charge in [0, 0.05) is 37.8 Å². The highest BCUT2D eigenvalue weighted by Crippen LogP contribution is 2.43. The molecule has 168 valence electrons. The second-order valence-corrected chi connectivity index (χ2v) is 8.64. The molecule has 32 heavy (non-hydrogen) atoms. The molecule has 1 aromatic heterocycles. The fourth-order valence-corrected chi connectivity index (χ4v) is 4.70. The summed E-state index contributed by atoms with van der Waals surface area (Å²) >= 11 is 12.6. The average Bonchev–Trinajstić information content (AvgIpc) is 3.18. The standard InChI is InChI=1S/C22H20Cl2F2N4O2/c1-3-17(31)30-7-6-22(10-30,18-15(25)5-4-14(23)19(18)24)28-12-8-13-20(16(26)9-12)27-11-29(2)21(13)32/h4-5,8-9,11,28H,3,6-7,10H2,1-2H3. The minimum atomic E-state index is -1.18. The van der Waals surface area contributed by atoms with E-state index in [0.29, 0.717) is 13.0 Å². The maximum atomic E-state index is 15.1. The number of aromatic nitrogens is 2. The molecular weight excluding hydrogens is 461 g/mol. The molecule has 2 aromatic carbocycles. The number of rotatable bonds is 4. The van der Waals surface area contributed by atoms with Crippen LogP contribution in [0.3, 0.4) is 0 Å². The van der Waals surface area contributed by atoms with E-state index in [0.717, 1.165) is 0 Å². The van der Waals surface area contributed by atoms with Crippen LogP contribution in [0.1, 0.15) is 25.3 Å². The number of likely N-dealkylation sites (tertiary alicyclic amines) is 1. The zero-order valence-electron chi connectivity index (χ0n) is 17.4. The first-order valence-corrected chi connectivity index (χ1v) is 10.8. The van der Waals surface area contributed by atoms with Gasteiger partial charge in [0.25, 0.3) is 5.56 Å². The van der Waals surface area contributed by atoms with Gasteiger partial charge in [-0.15, -0.1) is 0 Å². The van der Waals surface area contributed by atoms with E-state index in [1.807, 2.05) is 0 Å². The number of nitrogens with zero attached hydrogens (tertiary/aromatic N) is 3. The molecule has 2 heterocycles. The van der Waals surface area contributed by atoms with Crippen LogP contribution in [0.25, 0.3) is 10.9 Å². The summed E-state index contributed by atoms with van der Waals surface area (Å²) in [5, 5.41) is 3.43. The molecule has 0 spiro atoms. The van der Waals surface area contributed by atoms with Crippen LogP contribution in [0.4, 0.5) is 14.5 Å². The number of hydrogen-bond donors (Lipinski definition) is 1. The lowest BCUT2D eigenvalue weighted by molar-refractivity contribution is -0.129. The van der Waals surface area contributed by atoms with Crippen LogP contribution in [-0.4, -0.2) is 33.4 Å². The molecule has 0 radical (unpaired) electrons. The van der Waals surface area contributed by atoms with Crippen molar-refractivity contribution in [2.75, 3.05) is 18.4 Å². The van der Waals surface area contributed by atoms with E-state index in [1.54, 1.807) is 11.8 Å². The van der Waals surface area contributed by atoms with Gasteiger partial charge in [-0.2, -0.15) is 0 Å². The lowest BCUT2D eigenvalue weighted by Crippen LogP contribution is -2.41. The molecule has 1 N–H and O–H groups in total. The summed E-state index contributed by atoms with van der Waals surface area (Å²) in [7, 11) is 1.51. The van der Waals surface area contributed by atoms with Crippen molar-refractivity contribution in [1.29, 1.82) is 0 Å². The highest BCUT2D eigenvalue weighted by atomic mass is 35.5. The quantitative estimate of drug-likeness (QED) is 0.559. The average molecular weight is 481 g/mol. The number of nitrogens with one attached hydrogen (secondary N) is 1. The SMILES string of the molecule is CCC(=O)N1CCC(Nc2cc(F)c3ncn(C)c(=O)c3c2)(c2c(F)ccc(Cl)c2Cl)C1. The number of halogens is 4. The lowest BCUT2D eigenvalue weighted by atomic mass is 9.87. The molecule has 10 heteroatoms. The third-order valence-corrected chi connectivity index (χ3v) is 6.61. The van der Waals surface area contributed by atoms with Gasteiger partial charge in [0.2, 0.25) is 5.91 Å². The maximum Gasteiger partial charge on any atom is 0.261 e. The van der Waals surface area contributed by atoms with E-state index in [1.165, 1.54) is 42.2 Å². The Morgan fingerprint density at radius 1 is 1.25 bits per heavy atom. The Morgan fingerprint density at radius 3 is 2.72 bits per heavy atom.